The number of rotatable bonds is 6. The molecule has 0 saturated heterocycles. The maximum absolute atomic E-state index is 12.7. The van der Waals surface area contributed by atoms with Crippen LogP contribution < -0.4 is 9.64 Å². The maximum atomic E-state index is 12.7. The van der Waals surface area contributed by atoms with E-state index in [2.05, 4.69) is 12.1 Å². The first-order chi connectivity index (χ1) is 16.1. The molecule has 3 aromatic carbocycles. The number of hydrogen-bond donors (Lipinski definition) is 1. The van der Waals surface area contributed by atoms with Crippen LogP contribution >= 0.6 is 11.3 Å². The SMILES string of the molecule is O=C(O)c1ccc(CN2C(=O)COc3ccc(-c4csc(Cc5ccccc5)n4)cc32)cc1. The van der Waals surface area contributed by atoms with Crippen LogP contribution in [0, 0.1) is 0 Å². The Morgan fingerprint density at radius 2 is 1.82 bits per heavy atom. The standard InChI is InChI=1S/C26H20N2O4S/c29-25-15-32-23-11-10-20(21-16-33-24(27-21)12-17-4-2-1-3-5-17)13-22(23)28(25)14-18-6-8-19(9-7-18)26(30)31/h1-11,13,16H,12,14-15H2,(H,30,31). The van der Waals surface area contributed by atoms with E-state index in [1.54, 1.807) is 40.5 Å². The summed E-state index contributed by atoms with van der Waals surface area (Å²) in [4.78, 5) is 30.3. The number of carboxylic acids is 1. The van der Waals surface area contributed by atoms with Gasteiger partial charge in [0.1, 0.15) is 5.75 Å². The van der Waals surface area contributed by atoms with Gasteiger partial charge in [0, 0.05) is 17.4 Å². The van der Waals surface area contributed by atoms with E-state index in [1.165, 1.54) is 5.56 Å². The molecular formula is C26H20N2O4S. The van der Waals surface area contributed by atoms with Gasteiger partial charge in [-0.2, -0.15) is 0 Å². The summed E-state index contributed by atoms with van der Waals surface area (Å²) in [5, 5.41) is 12.2. The number of carbonyl (C=O) groups is 2. The molecule has 0 atom stereocenters. The highest BCUT2D eigenvalue weighted by molar-refractivity contribution is 7.10. The average molecular weight is 457 g/mol. The van der Waals surface area contributed by atoms with Gasteiger partial charge < -0.3 is 14.7 Å². The lowest BCUT2D eigenvalue weighted by Gasteiger charge is -2.30. The van der Waals surface area contributed by atoms with Crippen LogP contribution in [0.15, 0.2) is 78.2 Å². The van der Waals surface area contributed by atoms with E-state index in [0.717, 1.165) is 28.2 Å². The molecule has 7 heteroatoms. The molecule has 4 aromatic rings. The van der Waals surface area contributed by atoms with E-state index in [4.69, 9.17) is 14.8 Å². The minimum absolute atomic E-state index is 0.0303. The van der Waals surface area contributed by atoms with Crippen LogP contribution in [0.1, 0.15) is 26.5 Å². The smallest absolute Gasteiger partial charge is 0.335 e. The molecule has 1 aliphatic heterocycles. The van der Waals surface area contributed by atoms with Crippen LogP contribution in [0.5, 0.6) is 5.75 Å². The van der Waals surface area contributed by atoms with Crippen LogP contribution in [0.4, 0.5) is 5.69 Å². The number of nitrogens with zero attached hydrogens (tertiary/aromatic N) is 2. The highest BCUT2D eigenvalue weighted by Gasteiger charge is 2.26. The number of aromatic carboxylic acids is 1. The molecule has 0 spiro atoms. The van der Waals surface area contributed by atoms with E-state index in [0.29, 0.717) is 18.0 Å². The molecule has 1 amide bonds. The largest absolute Gasteiger partial charge is 0.482 e. The van der Waals surface area contributed by atoms with E-state index < -0.39 is 5.97 Å². The Morgan fingerprint density at radius 1 is 1.03 bits per heavy atom. The van der Waals surface area contributed by atoms with Crippen LogP contribution in [0.3, 0.4) is 0 Å². The van der Waals surface area contributed by atoms with Crippen molar-refractivity contribution < 1.29 is 19.4 Å². The summed E-state index contributed by atoms with van der Waals surface area (Å²) >= 11 is 1.61. The molecule has 6 nitrogen and oxygen atoms in total. The number of anilines is 1. The zero-order valence-electron chi connectivity index (χ0n) is 17.6. The lowest BCUT2D eigenvalue weighted by Crippen LogP contribution is -2.38. The molecule has 5 rings (SSSR count). The third-order valence-electron chi connectivity index (χ3n) is 5.49. The van der Waals surface area contributed by atoms with E-state index >= 15 is 0 Å². The molecule has 0 aliphatic carbocycles. The third kappa shape index (κ3) is 4.49. The van der Waals surface area contributed by atoms with Crippen molar-refractivity contribution in [2.45, 2.75) is 13.0 Å². The number of carboxylic acid groups (broad SMARTS) is 1. The van der Waals surface area contributed by atoms with Gasteiger partial charge in [0.25, 0.3) is 5.91 Å². The van der Waals surface area contributed by atoms with E-state index in [9.17, 15) is 9.59 Å². The first-order valence-electron chi connectivity index (χ1n) is 10.4. The number of amides is 1. The first kappa shape index (κ1) is 20.9. The molecule has 0 unspecified atom stereocenters. The molecule has 33 heavy (non-hydrogen) atoms. The van der Waals surface area contributed by atoms with Crippen molar-refractivity contribution in [2.75, 3.05) is 11.5 Å². The number of thiazole rings is 1. The molecule has 0 radical (unpaired) electrons. The average Bonchev–Trinajstić information content (AvgIpc) is 3.30. The number of fused-ring (bicyclic) bond motifs is 1. The number of hydrogen-bond acceptors (Lipinski definition) is 5. The minimum atomic E-state index is -0.978. The molecule has 1 aromatic heterocycles. The Balaban J connectivity index is 1.41. The Bertz CT molecular complexity index is 1320. The predicted octanol–water partition coefficient (Wildman–Crippen LogP) is 5.02. The van der Waals surface area contributed by atoms with Crippen molar-refractivity contribution in [2.24, 2.45) is 0 Å². The van der Waals surface area contributed by atoms with Crippen LogP contribution in [0.25, 0.3) is 11.3 Å². The van der Waals surface area contributed by atoms with E-state index in [-0.39, 0.29) is 18.1 Å². The molecule has 2 heterocycles. The Morgan fingerprint density at radius 3 is 2.58 bits per heavy atom. The lowest BCUT2D eigenvalue weighted by atomic mass is 10.1. The topological polar surface area (TPSA) is 79.7 Å². The predicted molar refractivity (Wildman–Crippen MR) is 127 cm³/mol. The van der Waals surface area contributed by atoms with Gasteiger partial charge in [-0.05, 0) is 41.5 Å². The zero-order valence-corrected chi connectivity index (χ0v) is 18.4. The number of carbonyl (C=O) groups excluding carboxylic acids is 1. The van der Waals surface area contributed by atoms with Crippen molar-refractivity contribution in [1.29, 1.82) is 0 Å². The van der Waals surface area contributed by atoms with Gasteiger partial charge in [-0.25, -0.2) is 9.78 Å². The molecule has 0 bridgehead atoms. The number of ether oxygens (including phenoxy) is 1. The van der Waals surface area contributed by atoms with Crippen LogP contribution in [-0.2, 0) is 17.8 Å². The molecule has 0 saturated carbocycles. The summed E-state index contributed by atoms with van der Waals surface area (Å²) in [6.45, 7) is 0.298. The van der Waals surface area contributed by atoms with Gasteiger partial charge in [-0.3, -0.25) is 4.79 Å². The van der Waals surface area contributed by atoms with Crippen LogP contribution in [0.2, 0.25) is 0 Å². The summed E-state index contributed by atoms with van der Waals surface area (Å²) in [5.41, 5.74) is 4.72. The Kier molecular flexibility index (Phi) is 5.62. The molecule has 164 valence electrons. The fraction of sp³-hybridized carbons (Fsp3) is 0.115. The van der Waals surface area contributed by atoms with Crippen molar-refractivity contribution in [3.8, 4) is 17.0 Å². The zero-order chi connectivity index (χ0) is 22.8. The second kappa shape index (κ2) is 8.88. The normalized spacial score (nSPS) is 12.8. The maximum Gasteiger partial charge on any atom is 0.335 e. The van der Waals surface area contributed by atoms with Gasteiger partial charge in [-0.1, -0.05) is 42.5 Å². The van der Waals surface area contributed by atoms with Gasteiger partial charge in [0.05, 0.1) is 28.5 Å². The van der Waals surface area contributed by atoms with E-state index in [1.807, 2.05) is 41.8 Å². The number of aromatic nitrogens is 1. The lowest BCUT2D eigenvalue weighted by molar-refractivity contribution is -0.121. The van der Waals surface area contributed by atoms with Gasteiger partial charge in [0.2, 0.25) is 0 Å². The van der Waals surface area contributed by atoms with Gasteiger partial charge in [-0.15, -0.1) is 11.3 Å². The van der Waals surface area contributed by atoms with Gasteiger partial charge in [0.15, 0.2) is 6.61 Å². The summed E-state index contributed by atoms with van der Waals surface area (Å²) in [6.07, 6.45) is 0.774. The molecular weight excluding hydrogens is 436 g/mol. The van der Waals surface area contributed by atoms with Crippen LogP contribution in [-0.4, -0.2) is 28.6 Å². The first-order valence-corrected chi connectivity index (χ1v) is 11.3. The minimum Gasteiger partial charge on any atom is -0.482 e. The Hall–Kier alpha value is -3.97. The highest BCUT2D eigenvalue weighted by Crippen LogP contribution is 2.37. The molecule has 0 fully saturated rings. The fourth-order valence-corrected chi connectivity index (χ4v) is 4.60. The highest BCUT2D eigenvalue weighted by atomic mass is 32.1. The van der Waals surface area contributed by atoms with Crippen molar-refractivity contribution in [3.63, 3.8) is 0 Å². The monoisotopic (exact) mass is 456 g/mol. The molecule has 1 aliphatic rings. The summed E-state index contributed by atoms with van der Waals surface area (Å²) in [5.74, 6) is -0.487. The third-order valence-corrected chi connectivity index (χ3v) is 6.34. The summed E-state index contributed by atoms with van der Waals surface area (Å²) in [6, 6.07) is 22.5. The summed E-state index contributed by atoms with van der Waals surface area (Å²) < 4.78 is 5.64. The second-order valence-electron chi connectivity index (χ2n) is 7.74. The van der Waals surface area contributed by atoms with Crippen molar-refractivity contribution in [1.82, 2.24) is 4.98 Å². The fourth-order valence-electron chi connectivity index (χ4n) is 3.77. The Labute approximate surface area is 194 Å². The van der Waals surface area contributed by atoms with Crippen molar-refractivity contribution >= 4 is 28.9 Å². The molecule has 1 N–H and O–H groups in total. The number of benzene rings is 3. The van der Waals surface area contributed by atoms with Gasteiger partial charge >= 0.3 is 5.97 Å². The second-order valence-corrected chi connectivity index (χ2v) is 8.68. The quantitative estimate of drug-likeness (QED) is 0.440. The van der Waals surface area contributed by atoms with Crippen molar-refractivity contribution in [3.05, 3.63) is 99.9 Å². The summed E-state index contributed by atoms with van der Waals surface area (Å²) in [7, 11) is 0.